The average molecular weight is 367 g/mol. The number of benzene rings is 2. The summed E-state index contributed by atoms with van der Waals surface area (Å²) < 4.78 is 0. The molecule has 27 heavy (non-hydrogen) atoms. The lowest BCUT2D eigenvalue weighted by atomic mass is 10.0. The summed E-state index contributed by atoms with van der Waals surface area (Å²) in [6.07, 6.45) is 1.04. The van der Waals surface area contributed by atoms with Crippen LogP contribution in [0.4, 0.5) is 5.69 Å². The van der Waals surface area contributed by atoms with Crippen LogP contribution < -0.4 is 15.1 Å². The summed E-state index contributed by atoms with van der Waals surface area (Å²) in [5.74, 6) is 0.140. The van der Waals surface area contributed by atoms with Crippen molar-refractivity contribution >= 4 is 11.6 Å². The number of hydrogen-bond acceptors (Lipinski definition) is 2. The lowest BCUT2D eigenvalue weighted by Gasteiger charge is -2.34. The first-order valence-corrected chi connectivity index (χ1v) is 10.1. The molecule has 0 spiro atoms. The van der Waals surface area contributed by atoms with Crippen LogP contribution in [-0.2, 0) is 11.2 Å². The maximum Gasteiger partial charge on any atom is 0.275 e. The second kappa shape index (κ2) is 9.05. The summed E-state index contributed by atoms with van der Waals surface area (Å²) in [5, 5.41) is 3.16. The SMILES string of the molecule is CCc1ccc([C@@H](C)NC(=O)C[NH+]2CCN(c3ccccc3C)CC2)cc1. The van der Waals surface area contributed by atoms with Crippen molar-refractivity contribution in [2.45, 2.75) is 33.2 Å². The monoisotopic (exact) mass is 366 g/mol. The molecular weight excluding hydrogens is 334 g/mol. The van der Waals surface area contributed by atoms with Crippen LogP contribution in [0.1, 0.15) is 36.6 Å². The predicted octanol–water partition coefficient (Wildman–Crippen LogP) is 2.14. The molecular formula is C23H32N3O+. The van der Waals surface area contributed by atoms with E-state index in [0.29, 0.717) is 6.54 Å². The molecule has 1 amide bonds. The van der Waals surface area contributed by atoms with Crippen LogP contribution in [0.5, 0.6) is 0 Å². The first kappa shape index (κ1) is 19.4. The van der Waals surface area contributed by atoms with Gasteiger partial charge in [-0.1, -0.05) is 49.4 Å². The zero-order valence-corrected chi connectivity index (χ0v) is 16.8. The van der Waals surface area contributed by atoms with E-state index in [0.717, 1.165) is 32.6 Å². The first-order chi connectivity index (χ1) is 13.1. The standard InChI is InChI=1S/C23H31N3O/c1-4-20-9-11-21(12-10-20)19(3)24-23(27)17-25-13-15-26(16-14-25)22-8-6-5-7-18(22)2/h5-12,19H,4,13-17H2,1-3H3,(H,24,27)/p+1/t19-/m1/s1. The van der Waals surface area contributed by atoms with E-state index < -0.39 is 0 Å². The molecule has 4 heteroatoms. The summed E-state index contributed by atoms with van der Waals surface area (Å²) >= 11 is 0. The van der Waals surface area contributed by atoms with Gasteiger partial charge in [0.1, 0.15) is 0 Å². The number of carbonyl (C=O) groups excluding carboxylic acids is 1. The van der Waals surface area contributed by atoms with Gasteiger partial charge in [0.25, 0.3) is 5.91 Å². The van der Waals surface area contributed by atoms with Crippen molar-refractivity contribution in [3.63, 3.8) is 0 Å². The van der Waals surface area contributed by atoms with Crippen LogP contribution in [0.15, 0.2) is 48.5 Å². The first-order valence-electron chi connectivity index (χ1n) is 10.1. The molecule has 2 aromatic rings. The molecule has 2 N–H and O–H groups in total. The third kappa shape index (κ3) is 5.10. The van der Waals surface area contributed by atoms with Gasteiger partial charge < -0.3 is 15.1 Å². The van der Waals surface area contributed by atoms with Gasteiger partial charge in [-0.25, -0.2) is 0 Å². The molecule has 4 nitrogen and oxygen atoms in total. The second-order valence-electron chi connectivity index (χ2n) is 7.58. The molecule has 0 aliphatic carbocycles. The number of hydrogen-bond donors (Lipinski definition) is 2. The highest BCUT2D eigenvalue weighted by molar-refractivity contribution is 5.77. The number of nitrogens with one attached hydrogen (secondary N) is 2. The van der Waals surface area contributed by atoms with E-state index in [-0.39, 0.29) is 11.9 Å². The Bertz CT molecular complexity index is 748. The molecule has 0 bridgehead atoms. The van der Waals surface area contributed by atoms with E-state index in [1.54, 1.807) is 0 Å². The zero-order chi connectivity index (χ0) is 19.2. The highest BCUT2D eigenvalue weighted by atomic mass is 16.2. The van der Waals surface area contributed by atoms with Crippen molar-refractivity contribution in [3.05, 3.63) is 65.2 Å². The van der Waals surface area contributed by atoms with Gasteiger partial charge in [-0.2, -0.15) is 0 Å². The van der Waals surface area contributed by atoms with E-state index in [9.17, 15) is 4.79 Å². The zero-order valence-electron chi connectivity index (χ0n) is 16.8. The summed E-state index contributed by atoms with van der Waals surface area (Å²) in [6, 6.07) is 17.1. The van der Waals surface area contributed by atoms with Crippen molar-refractivity contribution in [1.82, 2.24) is 5.32 Å². The molecule has 3 rings (SSSR count). The Morgan fingerprint density at radius 1 is 1.11 bits per heavy atom. The van der Waals surface area contributed by atoms with Gasteiger partial charge in [-0.3, -0.25) is 4.79 Å². The smallest absolute Gasteiger partial charge is 0.275 e. The number of nitrogens with zero attached hydrogens (tertiary/aromatic N) is 1. The van der Waals surface area contributed by atoms with Gasteiger partial charge in [0.2, 0.25) is 0 Å². The fourth-order valence-electron chi connectivity index (χ4n) is 3.80. The maximum atomic E-state index is 12.5. The highest BCUT2D eigenvalue weighted by Crippen LogP contribution is 2.18. The second-order valence-corrected chi connectivity index (χ2v) is 7.58. The van der Waals surface area contributed by atoms with Crippen LogP contribution in [0.25, 0.3) is 0 Å². The van der Waals surface area contributed by atoms with Gasteiger partial charge in [-0.05, 0) is 43.0 Å². The number of quaternary nitrogens is 1. The Labute approximate surface area is 163 Å². The molecule has 0 unspecified atom stereocenters. The lowest BCUT2D eigenvalue weighted by Crippen LogP contribution is -3.16. The molecule has 144 valence electrons. The maximum absolute atomic E-state index is 12.5. The Balaban J connectivity index is 1.47. The number of rotatable bonds is 6. The minimum atomic E-state index is 0.0519. The van der Waals surface area contributed by atoms with Crippen LogP contribution in [0.2, 0.25) is 0 Å². The Morgan fingerprint density at radius 3 is 2.41 bits per heavy atom. The van der Waals surface area contributed by atoms with Gasteiger partial charge in [0.05, 0.1) is 32.2 Å². The fourth-order valence-corrected chi connectivity index (χ4v) is 3.80. The van der Waals surface area contributed by atoms with Crippen LogP contribution in [-0.4, -0.2) is 38.6 Å². The van der Waals surface area contributed by atoms with Crippen molar-refractivity contribution in [3.8, 4) is 0 Å². The number of amides is 1. The number of para-hydroxylation sites is 1. The van der Waals surface area contributed by atoms with Crippen LogP contribution in [0.3, 0.4) is 0 Å². The minimum absolute atomic E-state index is 0.0519. The molecule has 1 aliphatic heterocycles. The highest BCUT2D eigenvalue weighted by Gasteiger charge is 2.23. The molecule has 1 atom stereocenters. The molecule has 0 saturated carbocycles. The molecule has 0 radical (unpaired) electrons. The van der Waals surface area contributed by atoms with Crippen molar-refractivity contribution in [1.29, 1.82) is 0 Å². The number of anilines is 1. The van der Waals surface area contributed by atoms with Crippen molar-refractivity contribution < 1.29 is 9.69 Å². The number of carbonyl (C=O) groups is 1. The summed E-state index contributed by atoms with van der Waals surface area (Å²) in [7, 11) is 0. The third-order valence-corrected chi connectivity index (χ3v) is 5.60. The summed E-state index contributed by atoms with van der Waals surface area (Å²) in [4.78, 5) is 16.3. The minimum Gasteiger partial charge on any atom is -0.360 e. The number of piperazine rings is 1. The van der Waals surface area contributed by atoms with Crippen molar-refractivity contribution in [2.75, 3.05) is 37.6 Å². The molecule has 1 fully saturated rings. The molecule has 1 heterocycles. The van der Waals surface area contributed by atoms with E-state index >= 15 is 0 Å². The largest absolute Gasteiger partial charge is 0.360 e. The van der Waals surface area contributed by atoms with Gasteiger partial charge in [0, 0.05) is 5.69 Å². The quantitative estimate of drug-likeness (QED) is 0.822. The third-order valence-electron chi connectivity index (χ3n) is 5.60. The van der Waals surface area contributed by atoms with Gasteiger partial charge >= 0.3 is 0 Å². The van der Waals surface area contributed by atoms with Gasteiger partial charge in [0.15, 0.2) is 6.54 Å². The fraction of sp³-hybridized carbons (Fsp3) is 0.435. The van der Waals surface area contributed by atoms with Crippen LogP contribution >= 0.6 is 0 Å². The summed E-state index contributed by atoms with van der Waals surface area (Å²) in [5.41, 5.74) is 5.14. The molecule has 2 aromatic carbocycles. The Kier molecular flexibility index (Phi) is 6.51. The van der Waals surface area contributed by atoms with Crippen LogP contribution in [0, 0.1) is 6.92 Å². The molecule has 1 saturated heterocycles. The molecule has 1 aliphatic rings. The summed E-state index contributed by atoms with van der Waals surface area (Å²) in [6.45, 7) is 10.9. The normalized spacial score (nSPS) is 16.2. The predicted molar refractivity (Wildman–Crippen MR) is 111 cm³/mol. The van der Waals surface area contributed by atoms with E-state index in [4.69, 9.17) is 0 Å². The topological polar surface area (TPSA) is 36.8 Å². The van der Waals surface area contributed by atoms with E-state index in [1.807, 2.05) is 0 Å². The van der Waals surface area contributed by atoms with Gasteiger partial charge in [-0.15, -0.1) is 0 Å². The average Bonchev–Trinajstić information content (AvgIpc) is 2.69. The Morgan fingerprint density at radius 2 is 1.78 bits per heavy atom. The molecule has 0 aromatic heterocycles. The van der Waals surface area contributed by atoms with E-state index in [2.05, 4.69) is 79.5 Å². The van der Waals surface area contributed by atoms with Crippen molar-refractivity contribution in [2.24, 2.45) is 0 Å². The Hall–Kier alpha value is -2.33. The number of aryl methyl sites for hydroxylation is 2. The van der Waals surface area contributed by atoms with E-state index in [1.165, 1.54) is 27.3 Å². The lowest BCUT2D eigenvalue weighted by molar-refractivity contribution is -0.892.